The molecule has 1 aliphatic heterocycles. The molecule has 5 nitrogen and oxygen atoms in total. The lowest BCUT2D eigenvalue weighted by molar-refractivity contribution is 0.104. The predicted molar refractivity (Wildman–Crippen MR) is 139 cm³/mol. The molecule has 0 aliphatic carbocycles. The highest BCUT2D eigenvalue weighted by molar-refractivity contribution is 7.22. The van der Waals surface area contributed by atoms with E-state index >= 15 is 0 Å². The lowest BCUT2D eigenvalue weighted by Crippen LogP contribution is -2.33. The number of phenolic OH excluding ortho intramolecular Hbond substituents is 1. The maximum absolute atomic E-state index is 13.7. The summed E-state index contributed by atoms with van der Waals surface area (Å²) in [6.45, 7) is 3.89. The Labute approximate surface area is 203 Å². The molecular formula is C28H28N2O3S. The van der Waals surface area contributed by atoms with Gasteiger partial charge in [-0.3, -0.25) is 9.69 Å². The van der Waals surface area contributed by atoms with E-state index in [9.17, 15) is 9.90 Å². The number of hydrogen-bond acceptors (Lipinski definition) is 6. The number of piperidine rings is 1. The van der Waals surface area contributed by atoms with Crippen molar-refractivity contribution < 1.29 is 14.6 Å². The predicted octanol–water partition coefficient (Wildman–Crippen LogP) is 5.95. The number of nitrogens with zero attached hydrogens (tertiary/aromatic N) is 1. The van der Waals surface area contributed by atoms with Crippen LogP contribution in [0.15, 0.2) is 66.7 Å². The first-order valence-corrected chi connectivity index (χ1v) is 12.5. The lowest BCUT2D eigenvalue weighted by Gasteiger charge is -2.26. The second kappa shape index (κ2) is 9.87. The Bertz CT molecular complexity index is 1290. The summed E-state index contributed by atoms with van der Waals surface area (Å²) in [4.78, 5) is 17.0. The van der Waals surface area contributed by atoms with E-state index in [4.69, 9.17) is 10.5 Å². The van der Waals surface area contributed by atoms with E-state index in [1.165, 1.54) is 30.6 Å². The number of rotatable bonds is 7. The third-order valence-corrected chi connectivity index (χ3v) is 7.51. The van der Waals surface area contributed by atoms with Gasteiger partial charge in [-0.25, -0.2) is 0 Å². The van der Waals surface area contributed by atoms with Crippen LogP contribution in [0.2, 0.25) is 0 Å². The molecule has 0 unspecified atom stereocenters. The highest BCUT2D eigenvalue weighted by Crippen LogP contribution is 2.41. The van der Waals surface area contributed by atoms with Gasteiger partial charge in [-0.2, -0.15) is 0 Å². The fraction of sp³-hybridized carbons (Fsp3) is 0.250. The number of likely N-dealkylation sites (tertiary alicyclic amines) is 1. The first kappa shape index (κ1) is 22.4. The summed E-state index contributed by atoms with van der Waals surface area (Å²) in [6.07, 6.45) is 3.87. The molecule has 0 saturated carbocycles. The van der Waals surface area contributed by atoms with Gasteiger partial charge in [0.15, 0.2) is 5.78 Å². The van der Waals surface area contributed by atoms with Gasteiger partial charge in [0.1, 0.15) is 18.1 Å². The number of carbonyl (C=O) groups is 1. The average Bonchev–Trinajstić information content (AvgIpc) is 3.23. The number of aromatic hydroxyl groups is 1. The number of benzene rings is 3. The van der Waals surface area contributed by atoms with Crippen LogP contribution >= 0.6 is 11.3 Å². The number of fused-ring (bicyclic) bond motifs is 1. The van der Waals surface area contributed by atoms with Crippen molar-refractivity contribution in [2.45, 2.75) is 19.3 Å². The summed E-state index contributed by atoms with van der Waals surface area (Å²) in [7, 11) is 0. The van der Waals surface area contributed by atoms with Gasteiger partial charge in [0.05, 0.1) is 0 Å². The van der Waals surface area contributed by atoms with Crippen LogP contribution in [0.5, 0.6) is 11.5 Å². The quantitative estimate of drug-likeness (QED) is 0.257. The van der Waals surface area contributed by atoms with E-state index in [0.717, 1.165) is 45.9 Å². The van der Waals surface area contributed by atoms with Crippen LogP contribution in [0.1, 0.15) is 35.2 Å². The molecule has 0 atom stereocenters. The minimum atomic E-state index is -0.0426. The highest BCUT2D eigenvalue weighted by Gasteiger charge is 2.22. The number of ketones is 1. The van der Waals surface area contributed by atoms with Gasteiger partial charge >= 0.3 is 0 Å². The third-order valence-electron chi connectivity index (χ3n) is 6.31. The fourth-order valence-corrected chi connectivity index (χ4v) is 5.73. The molecule has 3 N–H and O–H groups in total. The van der Waals surface area contributed by atoms with E-state index in [1.807, 2.05) is 54.6 Å². The first-order chi connectivity index (χ1) is 16.6. The molecule has 0 bridgehead atoms. The topological polar surface area (TPSA) is 75.8 Å². The maximum atomic E-state index is 13.7. The number of thiophene rings is 1. The van der Waals surface area contributed by atoms with Gasteiger partial charge in [-0.15, -0.1) is 11.3 Å². The average molecular weight is 473 g/mol. The third kappa shape index (κ3) is 4.79. The molecule has 4 aromatic rings. The molecular weight excluding hydrogens is 444 g/mol. The van der Waals surface area contributed by atoms with Crippen molar-refractivity contribution in [3.05, 3.63) is 77.9 Å². The monoisotopic (exact) mass is 472 g/mol. The summed E-state index contributed by atoms with van der Waals surface area (Å²) in [6, 6.07) is 20.0. The van der Waals surface area contributed by atoms with Crippen LogP contribution in [-0.4, -0.2) is 42.0 Å². The molecule has 2 heterocycles. The smallest absolute Gasteiger partial charge is 0.195 e. The van der Waals surface area contributed by atoms with E-state index in [2.05, 4.69) is 4.90 Å². The standard InChI is InChI=1S/C28H28N2O3S/c29-21-8-13-24-25(18-21)34-28(20-4-9-22(31)10-5-20)26(24)27(32)19-6-11-23(12-7-19)33-17-16-30-14-2-1-3-15-30/h4-13,18,31H,1-3,14-17,29H2. The van der Waals surface area contributed by atoms with Crippen LogP contribution in [0.4, 0.5) is 5.69 Å². The molecule has 5 rings (SSSR count). The van der Waals surface area contributed by atoms with Gasteiger partial charge in [0.25, 0.3) is 0 Å². The Kier molecular flexibility index (Phi) is 6.52. The molecule has 1 saturated heterocycles. The summed E-state index contributed by atoms with van der Waals surface area (Å²) < 4.78 is 6.90. The van der Waals surface area contributed by atoms with Crippen molar-refractivity contribution in [1.82, 2.24) is 4.90 Å². The first-order valence-electron chi connectivity index (χ1n) is 11.7. The number of nitrogen functional groups attached to an aromatic ring is 1. The zero-order valence-electron chi connectivity index (χ0n) is 19.0. The van der Waals surface area contributed by atoms with Crippen molar-refractivity contribution in [3.8, 4) is 21.9 Å². The van der Waals surface area contributed by atoms with Crippen LogP contribution in [0.25, 0.3) is 20.5 Å². The van der Waals surface area contributed by atoms with Gasteiger partial charge in [-0.1, -0.05) is 12.5 Å². The molecule has 1 aliphatic rings. The minimum Gasteiger partial charge on any atom is -0.508 e. The van der Waals surface area contributed by atoms with Crippen LogP contribution in [0, 0.1) is 0 Å². The van der Waals surface area contributed by atoms with Gasteiger partial charge in [-0.05, 0) is 92.2 Å². The molecule has 34 heavy (non-hydrogen) atoms. The van der Waals surface area contributed by atoms with E-state index in [-0.39, 0.29) is 11.5 Å². The van der Waals surface area contributed by atoms with Gasteiger partial charge in [0.2, 0.25) is 0 Å². The van der Waals surface area contributed by atoms with Crippen LogP contribution in [-0.2, 0) is 0 Å². The number of hydrogen-bond donors (Lipinski definition) is 2. The molecule has 1 aromatic heterocycles. The molecule has 174 valence electrons. The summed E-state index contributed by atoms with van der Waals surface area (Å²) in [5.41, 5.74) is 8.82. The Morgan fingerprint density at radius 1 is 0.971 bits per heavy atom. The summed E-state index contributed by atoms with van der Waals surface area (Å²) in [5.74, 6) is 0.923. The Hall–Kier alpha value is -3.35. The van der Waals surface area contributed by atoms with E-state index in [1.54, 1.807) is 12.1 Å². The molecule has 0 amide bonds. The normalized spacial score (nSPS) is 14.4. The lowest BCUT2D eigenvalue weighted by atomic mass is 9.97. The zero-order chi connectivity index (χ0) is 23.5. The van der Waals surface area contributed by atoms with Crippen LogP contribution < -0.4 is 10.5 Å². The van der Waals surface area contributed by atoms with E-state index < -0.39 is 0 Å². The summed E-state index contributed by atoms with van der Waals surface area (Å²) >= 11 is 1.54. The minimum absolute atomic E-state index is 0.0426. The Morgan fingerprint density at radius 3 is 2.44 bits per heavy atom. The zero-order valence-corrected chi connectivity index (χ0v) is 19.8. The highest BCUT2D eigenvalue weighted by atomic mass is 32.1. The van der Waals surface area contributed by atoms with E-state index in [0.29, 0.717) is 23.4 Å². The number of carbonyl (C=O) groups excluding carboxylic acids is 1. The molecule has 0 radical (unpaired) electrons. The van der Waals surface area contributed by atoms with Crippen molar-refractivity contribution >= 4 is 32.9 Å². The van der Waals surface area contributed by atoms with Gasteiger partial charge in [0, 0.05) is 38.3 Å². The van der Waals surface area contributed by atoms with Crippen molar-refractivity contribution in [3.63, 3.8) is 0 Å². The number of nitrogens with two attached hydrogens (primary N) is 1. The van der Waals surface area contributed by atoms with Crippen molar-refractivity contribution in [2.75, 3.05) is 32.0 Å². The molecule has 6 heteroatoms. The number of phenols is 1. The summed E-state index contributed by atoms with van der Waals surface area (Å²) in [5, 5.41) is 10.6. The molecule has 3 aromatic carbocycles. The second-order valence-corrected chi connectivity index (χ2v) is 9.77. The SMILES string of the molecule is Nc1ccc2c(C(=O)c3ccc(OCCN4CCCCC4)cc3)c(-c3ccc(O)cc3)sc2c1. The van der Waals surface area contributed by atoms with Crippen molar-refractivity contribution in [1.29, 1.82) is 0 Å². The molecule has 0 spiro atoms. The van der Waals surface area contributed by atoms with Gasteiger partial charge < -0.3 is 15.6 Å². The maximum Gasteiger partial charge on any atom is 0.195 e. The molecule has 1 fully saturated rings. The van der Waals surface area contributed by atoms with Crippen molar-refractivity contribution in [2.24, 2.45) is 0 Å². The largest absolute Gasteiger partial charge is 0.508 e. The Balaban J connectivity index is 1.39. The van der Waals surface area contributed by atoms with Crippen LogP contribution in [0.3, 0.4) is 0 Å². The Morgan fingerprint density at radius 2 is 1.71 bits per heavy atom. The number of anilines is 1. The number of ether oxygens (including phenoxy) is 1. The fourth-order valence-electron chi connectivity index (χ4n) is 4.48. The second-order valence-electron chi connectivity index (χ2n) is 8.71.